The fraction of sp³-hybridized carbons (Fsp3) is 0.235. The van der Waals surface area contributed by atoms with Crippen LogP contribution in [0, 0.1) is 0 Å². The Kier molecular flexibility index (Phi) is 3.74. The first-order valence-electron chi connectivity index (χ1n) is 7.86. The third kappa shape index (κ3) is 2.54. The van der Waals surface area contributed by atoms with Crippen molar-refractivity contribution in [3.8, 4) is 11.5 Å². The van der Waals surface area contributed by atoms with Crippen LogP contribution in [0.5, 0.6) is 0 Å². The minimum atomic E-state index is -0.105. The van der Waals surface area contributed by atoms with E-state index in [2.05, 4.69) is 24.9 Å². The van der Waals surface area contributed by atoms with Crippen LogP contribution in [0.2, 0.25) is 0 Å². The average Bonchev–Trinajstić information content (AvgIpc) is 3.33. The van der Waals surface area contributed by atoms with Gasteiger partial charge in [-0.1, -0.05) is 0 Å². The van der Waals surface area contributed by atoms with Gasteiger partial charge in [0.25, 0.3) is 5.91 Å². The summed E-state index contributed by atoms with van der Waals surface area (Å²) in [6, 6.07) is 3.45. The Morgan fingerprint density at radius 2 is 2.08 bits per heavy atom. The smallest absolute Gasteiger partial charge is 0.255 e. The highest BCUT2D eigenvalue weighted by molar-refractivity contribution is 5.94. The molecule has 0 aliphatic carbocycles. The Labute approximate surface area is 138 Å². The van der Waals surface area contributed by atoms with Crippen molar-refractivity contribution in [2.75, 3.05) is 6.54 Å². The molecule has 0 bridgehead atoms. The van der Waals surface area contributed by atoms with Gasteiger partial charge in [-0.05, 0) is 25.0 Å². The highest BCUT2D eigenvalue weighted by Gasteiger charge is 2.34. The minimum Gasteiger partial charge on any atom is -0.343 e. The Bertz CT molecular complexity index is 833. The summed E-state index contributed by atoms with van der Waals surface area (Å²) < 4.78 is 0. The summed E-state index contributed by atoms with van der Waals surface area (Å²) in [5.74, 6) is 0.639. The third-order valence-electron chi connectivity index (χ3n) is 4.19. The van der Waals surface area contributed by atoms with E-state index in [4.69, 9.17) is 0 Å². The predicted octanol–water partition coefficient (Wildman–Crippen LogP) is 2.24. The van der Waals surface area contributed by atoms with Gasteiger partial charge in [0.15, 0.2) is 5.82 Å². The number of imidazole rings is 1. The van der Waals surface area contributed by atoms with E-state index in [1.54, 1.807) is 49.3 Å². The number of hydrogen-bond acceptors (Lipinski definition) is 5. The standard InChI is InChI=1S/C17H16N6O/c24-17(12-3-1-5-18-11-12)23-10-2-4-13(23)14-15(20-7-6-19-14)16-21-8-9-22-16/h1,3,5-9,11,13H,2,4,10H2,(H,21,22). The van der Waals surface area contributed by atoms with Crippen LogP contribution in [-0.2, 0) is 0 Å². The van der Waals surface area contributed by atoms with Crippen LogP contribution >= 0.6 is 0 Å². The van der Waals surface area contributed by atoms with Gasteiger partial charge in [-0.2, -0.15) is 0 Å². The second-order valence-electron chi connectivity index (χ2n) is 5.63. The van der Waals surface area contributed by atoms with Crippen LogP contribution < -0.4 is 0 Å². The lowest BCUT2D eigenvalue weighted by molar-refractivity contribution is 0.0732. The minimum absolute atomic E-state index is 0.0263. The summed E-state index contributed by atoms with van der Waals surface area (Å²) in [6.45, 7) is 0.701. The van der Waals surface area contributed by atoms with Gasteiger partial charge in [0.2, 0.25) is 0 Å². The molecule has 1 aliphatic rings. The molecule has 0 radical (unpaired) electrons. The van der Waals surface area contributed by atoms with Crippen molar-refractivity contribution in [3.05, 3.63) is 60.6 Å². The summed E-state index contributed by atoms with van der Waals surface area (Å²) >= 11 is 0. The van der Waals surface area contributed by atoms with Crippen molar-refractivity contribution in [1.82, 2.24) is 29.8 Å². The first-order valence-corrected chi connectivity index (χ1v) is 7.86. The summed E-state index contributed by atoms with van der Waals surface area (Å²) in [7, 11) is 0. The lowest BCUT2D eigenvalue weighted by atomic mass is 10.1. The molecule has 1 atom stereocenters. The molecule has 1 amide bonds. The number of hydrogen-bond donors (Lipinski definition) is 1. The Morgan fingerprint density at radius 3 is 2.88 bits per heavy atom. The van der Waals surface area contributed by atoms with Crippen LogP contribution in [0.1, 0.15) is 34.9 Å². The zero-order valence-electron chi connectivity index (χ0n) is 13.0. The number of likely N-dealkylation sites (tertiary alicyclic amines) is 1. The van der Waals surface area contributed by atoms with E-state index in [1.165, 1.54) is 0 Å². The maximum atomic E-state index is 12.8. The van der Waals surface area contributed by atoms with Gasteiger partial charge >= 0.3 is 0 Å². The summed E-state index contributed by atoms with van der Waals surface area (Å²) in [4.78, 5) is 35.0. The molecule has 3 aromatic heterocycles. The van der Waals surface area contributed by atoms with Gasteiger partial charge < -0.3 is 9.88 Å². The quantitative estimate of drug-likeness (QED) is 0.799. The van der Waals surface area contributed by atoms with Crippen LogP contribution in [0.4, 0.5) is 0 Å². The first kappa shape index (κ1) is 14.5. The molecule has 24 heavy (non-hydrogen) atoms. The summed E-state index contributed by atoms with van der Waals surface area (Å²) in [5.41, 5.74) is 2.06. The highest BCUT2D eigenvalue weighted by atomic mass is 16.2. The van der Waals surface area contributed by atoms with Crippen molar-refractivity contribution < 1.29 is 4.79 Å². The molecule has 120 valence electrons. The van der Waals surface area contributed by atoms with E-state index in [1.807, 2.05) is 4.90 Å². The van der Waals surface area contributed by atoms with Gasteiger partial charge in [-0.25, -0.2) is 9.97 Å². The number of rotatable bonds is 3. The Hall–Kier alpha value is -3.09. The average molecular weight is 320 g/mol. The Balaban J connectivity index is 1.70. The van der Waals surface area contributed by atoms with Crippen LogP contribution in [0.3, 0.4) is 0 Å². The number of aromatic amines is 1. The van der Waals surface area contributed by atoms with E-state index in [0.717, 1.165) is 18.5 Å². The summed E-state index contributed by atoms with van der Waals surface area (Å²) in [6.07, 6.45) is 11.8. The van der Waals surface area contributed by atoms with Gasteiger partial charge in [0, 0.05) is 43.7 Å². The number of H-pyrrole nitrogens is 1. The van der Waals surface area contributed by atoms with Crippen LogP contribution in [0.25, 0.3) is 11.5 Å². The van der Waals surface area contributed by atoms with E-state index in [0.29, 0.717) is 23.6 Å². The van der Waals surface area contributed by atoms with Gasteiger partial charge in [0.05, 0.1) is 17.3 Å². The fourth-order valence-corrected chi connectivity index (χ4v) is 3.12. The number of carbonyl (C=O) groups excluding carboxylic acids is 1. The second kappa shape index (κ2) is 6.19. The van der Waals surface area contributed by atoms with Crippen molar-refractivity contribution in [2.24, 2.45) is 0 Å². The number of carbonyl (C=O) groups is 1. The molecule has 1 saturated heterocycles. The molecular formula is C17H16N6O. The number of nitrogens with zero attached hydrogens (tertiary/aromatic N) is 5. The highest BCUT2D eigenvalue weighted by Crippen LogP contribution is 2.35. The lowest BCUT2D eigenvalue weighted by Gasteiger charge is -2.25. The van der Waals surface area contributed by atoms with Crippen LogP contribution in [-0.4, -0.2) is 42.3 Å². The molecule has 0 aromatic carbocycles. The number of amides is 1. The van der Waals surface area contributed by atoms with Gasteiger partial charge in [-0.15, -0.1) is 0 Å². The number of pyridine rings is 1. The first-order chi connectivity index (χ1) is 11.8. The fourth-order valence-electron chi connectivity index (χ4n) is 3.12. The molecule has 0 saturated carbocycles. The maximum Gasteiger partial charge on any atom is 0.255 e. The molecule has 1 fully saturated rings. The topological polar surface area (TPSA) is 87.7 Å². The molecule has 4 heterocycles. The zero-order valence-corrected chi connectivity index (χ0v) is 13.0. The van der Waals surface area contributed by atoms with Crippen molar-refractivity contribution in [2.45, 2.75) is 18.9 Å². The second-order valence-corrected chi connectivity index (χ2v) is 5.63. The van der Waals surface area contributed by atoms with E-state index < -0.39 is 0 Å². The van der Waals surface area contributed by atoms with E-state index >= 15 is 0 Å². The zero-order chi connectivity index (χ0) is 16.4. The molecule has 7 heteroatoms. The van der Waals surface area contributed by atoms with Crippen LogP contribution in [0.15, 0.2) is 49.3 Å². The largest absolute Gasteiger partial charge is 0.343 e. The summed E-state index contributed by atoms with van der Waals surface area (Å²) in [5, 5.41) is 0. The molecule has 1 N–H and O–H groups in total. The number of nitrogens with one attached hydrogen (secondary N) is 1. The predicted molar refractivity (Wildman–Crippen MR) is 86.9 cm³/mol. The SMILES string of the molecule is O=C(c1cccnc1)N1CCCC1c1nccnc1-c1ncc[nH]1. The van der Waals surface area contributed by atoms with Crippen molar-refractivity contribution >= 4 is 5.91 Å². The van der Waals surface area contributed by atoms with Gasteiger partial charge in [0.1, 0.15) is 5.69 Å². The monoisotopic (exact) mass is 320 g/mol. The Morgan fingerprint density at radius 1 is 1.17 bits per heavy atom. The molecule has 4 rings (SSSR count). The molecule has 0 spiro atoms. The lowest BCUT2D eigenvalue weighted by Crippen LogP contribution is -2.31. The maximum absolute atomic E-state index is 12.8. The van der Waals surface area contributed by atoms with E-state index in [-0.39, 0.29) is 11.9 Å². The normalized spacial score (nSPS) is 17.2. The van der Waals surface area contributed by atoms with Crippen molar-refractivity contribution in [3.63, 3.8) is 0 Å². The third-order valence-corrected chi connectivity index (χ3v) is 4.19. The molecule has 3 aromatic rings. The molecule has 1 unspecified atom stereocenters. The van der Waals surface area contributed by atoms with E-state index in [9.17, 15) is 4.79 Å². The van der Waals surface area contributed by atoms with Crippen molar-refractivity contribution in [1.29, 1.82) is 0 Å². The molecule has 7 nitrogen and oxygen atoms in total. The number of aromatic nitrogens is 5. The van der Waals surface area contributed by atoms with Gasteiger partial charge in [-0.3, -0.25) is 14.8 Å². The molecular weight excluding hydrogens is 304 g/mol. The molecule has 1 aliphatic heterocycles.